The van der Waals surface area contributed by atoms with Gasteiger partial charge in [0.2, 0.25) is 6.79 Å². The number of carbonyl (C=O) groups excluding carboxylic acids is 1. The summed E-state index contributed by atoms with van der Waals surface area (Å²) in [6.45, 7) is 0.139. The number of halogens is 1. The molecule has 0 saturated carbocycles. The molecule has 0 fully saturated rings. The molecule has 3 rings (SSSR count). The van der Waals surface area contributed by atoms with E-state index in [0.717, 1.165) is 6.29 Å². The van der Waals surface area contributed by atoms with Gasteiger partial charge in [-0.2, -0.15) is 0 Å². The van der Waals surface area contributed by atoms with Gasteiger partial charge in [-0.1, -0.05) is 12.1 Å². The van der Waals surface area contributed by atoms with Crippen molar-refractivity contribution in [3.63, 3.8) is 0 Å². The molecule has 1 heterocycles. The van der Waals surface area contributed by atoms with E-state index in [1.165, 1.54) is 12.1 Å². The summed E-state index contributed by atoms with van der Waals surface area (Å²) in [6, 6.07) is 9.38. The Morgan fingerprint density at radius 2 is 1.89 bits per heavy atom. The number of ether oxygens (including phenoxy) is 2. The van der Waals surface area contributed by atoms with Gasteiger partial charge in [0, 0.05) is 5.56 Å². The molecular weight excluding hydrogens is 235 g/mol. The maximum absolute atomic E-state index is 13.2. The molecule has 2 aromatic carbocycles. The van der Waals surface area contributed by atoms with Crippen LogP contribution in [0.15, 0.2) is 36.4 Å². The van der Waals surface area contributed by atoms with Gasteiger partial charge >= 0.3 is 0 Å². The zero-order valence-corrected chi connectivity index (χ0v) is 9.35. The second-order valence-corrected chi connectivity index (χ2v) is 3.92. The minimum atomic E-state index is -0.345. The largest absolute Gasteiger partial charge is 0.454 e. The Bertz CT molecular complexity index is 622. The highest BCUT2D eigenvalue weighted by Crippen LogP contribution is 2.38. The van der Waals surface area contributed by atoms with Crippen LogP contribution in [0.3, 0.4) is 0 Å². The molecule has 0 radical (unpaired) electrons. The smallest absolute Gasteiger partial charge is 0.231 e. The van der Waals surface area contributed by atoms with E-state index in [9.17, 15) is 9.18 Å². The lowest BCUT2D eigenvalue weighted by Crippen LogP contribution is -1.92. The first-order valence-corrected chi connectivity index (χ1v) is 5.43. The summed E-state index contributed by atoms with van der Waals surface area (Å²) in [6.07, 6.45) is 0.724. The predicted octanol–water partition coefficient (Wildman–Crippen LogP) is 3.03. The van der Waals surface area contributed by atoms with Gasteiger partial charge in [0.1, 0.15) is 5.82 Å². The van der Waals surface area contributed by atoms with Crippen LogP contribution in [0.2, 0.25) is 0 Å². The Hall–Kier alpha value is -2.36. The zero-order chi connectivity index (χ0) is 12.5. The quantitative estimate of drug-likeness (QED) is 0.762. The molecule has 0 N–H and O–H groups in total. The molecule has 0 amide bonds. The number of carbonyl (C=O) groups is 1. The summed E-state index contributed by atoms with van der Waals surface area (Å²) in [7, 11) is 0. The molecule has 18 heavy (non-hydrogen) atoms. The van der Waals surface area contributed by atoms with E-state index < -0.39 is 0 Å². The SMILES string of the molecule is O=Cc1cc2c(cc1-c1cccc(F)c1)OCO2. The molecule has 0 bridgehead atoms. The van der Waals surface area contributed by atoms with Gasteiger partial charge in [-0.3, -0.25) is 4.79 Å². The number of benzene rings is 2. The van der Waals surface area contributed by atoms with Crippen LogP contribution in [0.1, 0.15) is 10.4 Å². The third kappa shape index (κ3) is 1.72. The standard InChI is InChI=1S/C14H9FO3/c15-11-3-1-2-9(4-11)12-6-14-13(17-8-18-14)5-10(12)7-16/h1-7H,8H2. The van der Waals surface area contributed by atoms with Crippen LogP contribution in [-0.4, -0.2) is 13.1 Å². The van der Waals surface area contributed by atoms with E-state index >= 15 is 0 Å². The molecule has 0 atom stereocenters. The summed E-state index contributed by atoms with van der Waals surface area (Å²) in [5, 5.41) is 0. The maximum atomic E-state index is 13.2. The van der Waals surface area contributed by atoms with E-state index in [1.54, 1.807) is 24.3 Å². The second-order valence-electron chi connectivity index (χ2n) is 3.92. The molecule has 4 heteroatoms. The Kier molecular flexibility index (Phi) is 2.48. The van der Waals surface area contributed by atoms with E-state index in [-0.39, 0.29) is 12.6 Å². The highest BCUT2D eigenvalue weighted by atomic mass is 19.1. The molecule has 0 spiro atoms. The van der Waals surface area contributed by atoms with E-state index in [1.807, 2.05) is 0 Å². The molecule has 0 saturated heterocycles. The van der Waals surface area contributed by atoms with Crippen molar-refractivity contribution in [2.75, 3.05) is 6.79 Å². The number of hydrogen-bond donors (Lipinski definition) is 0. The van der Waals surface area contributed by atoms with Gasteiger partial charge in [-0.15, -0.1) is 0 Å². The fourth-order valence-corrected chi connectivity index (χ4v) is 1.96. The maximum Gasteiger partial charge on any atom is 0.231 e. The van der Waals surface area contributed by atoms with Crippen LogP contribution in [0.25, 0.3) is 11.1 Å². The fourth-order valence-electron chi connectivity index (χ4n) is 1.96. The molecule has 0 unspecified atom stereocenters. The molecule has 0 aliphatic carbocycles. The normalized spacial score (nSPS) is 12.5. The van der Waals surface area contributed by atoms with Crippen LogP contribution < -0.4 is 9.47 Å². The van der Waals surface area contributed by atoms with Gasteiger partial charge in [0.05, 0.1) is 0 Å². The lowest BCUT2D eigenvalue weighted by Gasteiger charge is -2.07. The Labute approximate surface area is 103 Å². The van der Waals surface area contributed by atoms with Crippen molar-refractivity contribution in [2.45, 2.75) is 0 Å². The number of fused-ring (bicyclic) bond motifs is 1. The van der Waals surface area contributed by atoms with Crippen LogP contribution in [-0.2, 0) is 0 Å². The summed E-state index contributed by atoms with van der Waals surface area (Å²) >= 11 is 0. The van der Waals surface area contributed by atoms with Crippen molar-refractivity contribution in [2.24, 2.45) is 0 Å². The summed E-state index contributed by atoms with van der Waals surface area (Å²) in [5.41, 5.74) is 1.72. The first-order chi connectivity index (χ1) is 8.78. The third-order valence-corrected chi connectivity index (χ3v) is 2.81. The molecule has 90 valence electrons. The highest BCUT2D eigenvalue weighted by Gasteiger charge is 2.17. The fraction of sp³-hybridized carbons (Fsp3) is 0.0714. The third-order valence-electron chi connectivity index (χ3n) is 2.81. The van der Waals surface area contributed by atoms with Crippen molar-refractivity contribution >= 4 is 6.29 Å². The van der Waals surface area contributed by atoms with E-state index in [2.05, 4.69) is 0 Å². The Morgan fingerprint density at radius 3 is 2.61 bits per heavy atom. The van der Waals surface area contributed by atoms with E-state index in [4.69, 9.17) is 9.47 Å². The van der Waals surface area contributed by atoms with Crippen LogP contribution in [0.5, 0.6) is 11.5 Å². The Morgan fingerprint density at radius 1 is 1.11 bits per heavy atom. The number of rotatable bonds is 2. The minimum Gasteiger partial charge on any atom is -0.454 e. The zero-order valence-electron chi connectivity index (χ0n) is 9.35. The van der Waals surface area contributed by atoms with Gasteiger partial charge in [-0.05, 0) is 35.4 Å². The monoisotopic (exact) mass is 244 g/mol. The van der Waals surface area contributed by atoms with Gasteiger partial charge in [0.15, 0.2) is 17.8 Å². The molecule has 0 aromatic heterocycles. The van der Waals surface area contributed by atoms with Crippen LogP contribution in [0.4, 0.5) is 4.39 Å². The first kappa shape index (κ1) is 10.8. The average molecular weight is 244 g/mol. The van der Waals surface area contributed by atoms with Crippen molar-refractivity contribution in [1.29, 1.82) is 0 Å². The van der Waals surface area contributed by atoms with E-state index in [0.29, 0.717) is 28.2 Å². The van der Waals surface area contributed by atoms with Gasteiger partial charge < -0.3 is 9.47 Å². The second kappa shape index (κ2) is 4.14. The number of aldehydes is 1. The number of hydrogen-bond acceptors (Lipinski definition) is 3. The van der Waals surface area contributed by atoms with Gasteiger partial charge in [0.25, 0.3) is 0 Å². The first-order valence-electron chi connectivity index (χ1n) is 5.43. The molecule has 1 aliphatic heterocycles. The van der Waals surface area contributed by atoms with Crippen molar-refractivity contribution in [3.05, 3.63) is 47.8 Å². The average Bonchev–Trinajstić information content (AvgIpc) is 2.84. The minimum absolute atomic E-state index is 0.139. The van der Waals surface area contributed by atoms with Crippen LogP contribution >= 0.6 is 0 Å². The summed E-state index contributed by atoms with van der Waals surface area (Å²) < 4.78 is 23.7. The highest BCUT2D eigenvalue weighted by molar-refractivity contribution is 5.89. The predicted molar refractivity (Wildman–Crippen MR) is 63.3 cm³/mol. The molecular formula is C14H9FO3. The molecule has 3 nitrogen and oxygen atoms in total. The van der Waals surface area contributed by atoms with Crippen LogP contribution in [0, 0.1) is 5.82 Å². The lowest BCUT2D eigenvalue weighted by molar-refractivity contribution is 0.112. The van der Waals surface area contributed by atoms with Crippen molar-refractivity contribution in [1.82, 2.24) is 0 Å². The van der Waals surface area contributed by atoms with Gasteiger partial charge in [-0.25, -0.2) is 4.39 Å². The van der Waals surface area contributed by atoms with Crippen molar-refractivity contribution < 1.29 is 18.7 Å². The van der Waals surface area contributed by atoms with Crippen molar-refractivity contribution in [3.8, 4) is 22.6 Å². The lowest BCUT2D eigenvalue weighted by atomic mass is 9.99. The Balaban J connectivity index is 2.19. The topological polar surface area (TPSA) is 35.5 Å². The molecule has 1 aliphatic rings. The summed E-state index contributed by atoms with van der Waals surface area (Å²) in [4.78, 5) is 11.1. The molecule has 2 aromatic rings. The summed E-state index contributed by atoms with van der Waals surface area (Å²) in [5.74, 6) is 0.763.